The molecule has 0 N–H and O–H groups in total. The minimum absolute atomic E-state index is 0.698. The van der Waals surface area contributed by atoms with Crippen LogP contribution in [0.5, 0.6) is 11.5 Å². The Morgan fingerprint density at radius 2 is 1.85 bits per heavy atom. The molecular formula is C15H19N3O2. The van der Waals surface area contributed by atoms with Gasteiger partial charge in [0.1, 0.15) is 0 Å². The molecule has 1 aromatic heterocycles. The maximum Gasteiger partial charge on any atom is 0.225 e. The second-order valence-electron chi connectivity index (χ2n) is 4.54. The van der Waals surface area contributed by atoms with Gasteiger partial charge in [-0.2, -0.15) is 0 Å². The van der Waals surface area contributed by atoms with Crippen LogP contribution < -0.4 is 14.4 Å². The minimum atomic E-state index is 0.698. The van der Waals surface area contributed by atoms with Crippen LogP contribution in [0.4, 0.5) is 5.95 Å². The Labute approximate surface area is 119 Å². The molecule has 0 unspecified atom stereocenters. The first kappa shape index (κ1) is 14.1. The summed E-state index contributed by atoms with van der Waals surface area (Å²) < 4.78 is 10.5. The van der Waals surface area contributed by atoms with E-state index >= 15 is 0 Å². The van der Waals surface area contributed by atoms with Crippen LogP contribution in [-0.2, 0) is 6.54 Å². The highest BCUT2D eigenvalue weighted by atomic mass is 16.5. The van der Waals surface area contributed by atoms with E-state index < -0.39 is 0 Å². The molecule has 0 spiro atoms. The van der Waals surface area contributed by atoms with E-state index in [0.717, 1.165) is 22.8 Å². The average Bonchev–Trinajstić information content (AvgIpc) is 2.47. The Morgan fingerprint density at radius 1 is 1.10 bits per heavy atom. The van der Waals surface area contributed by atoms with Crippen molar-refractivity contribution in [1.29, 1.82) is 0 Å². The average molecular weight is 273 g/mol. The van der Waals surface area contributed by atoms with Crippen LogP contribution in [0.25, 0.3) is 0 Å². The molecule has 20 heavy (non-hydrogen) atoms. The monoisotopic (exact) mass is 273 g/mol. The van der Waals surface area contributed by atoms with Gasteiger partial charge in [0, 0.05) is 25.5 Å². The number of ether oxygens (including phenoxy) is 2. The van der Waals surface area contributed by atoms with E-state index in [1.54, 1.807) is 20.4 Å². The van der Waals surface area contributed by atoms with Crippen molar-refractivity contribution in [2.24, 2.45) is 0 Å². The number of hydrogen-bond donors (Lipinski definition) is 0. The molecule has 0 bridgehead atoms. The van der Waals surface area contributed by atoms with Gasteiger partial charge in [0.15, 0.2) is 11.5 Å². The Kier molecular flexibility index (Phi) is 4.40. The first-order valence-corrected chi connectivity index (χ1v) is 6.35. The largest absolute Gasteiger partial charge is 0.493 e. The summed E-state index contributed by atoms with van der Waals surface area (Å²) in [5, 5.41) is 0. The molecule has 0 atom stereocenters. The fourth-order valence-corrected chi connectivity index (χ4v) is 1.94. The predicted octanol–water partition coefficient (Wildman–Crippen LogP) is 2.44. The van der Waals surface area contributed by atoms with Gasteiger partial charge in [-0.1, -0.05) is 6.07 Å². The van der Waals surface area contributed by atoms with Gasteiger partial charge >= 0.3 is 0 Å². The van der Waals surface area contributed by atoms with Crippen molar-refractivity contribution < 1.29 is 9.47 Å². The van der Waals surface area contributed by atoms with Crippen molar-refractivity contribution in [3.63, 3.8) is 0 Å². The van der Waals surface area contributed by atoms with E-state index in [-0.39, 0.29) is 0 Å². The number of aromatic nitrogens is 2. The van der Waals surface area contributed by atoms with Gasteiger partial charge in [-0.15, -0.1) is 0 Å². The summed E-state index contributed by atoms with van der Waals surface area (Å²) in [7, 11) is 5.23. The van der Waals surface area contributed by atoms with E-state index in [1.165, 1.54) is 0 Å². The van der Waals surface area contributed by atoms with Crippen molar-refractivity contribution >= 4 is 5.95 Å². The maximum absolute atomic E-state index is 5.31. The third-order valence-corrected chi connectivity index (χ3v) is 2.99. The number of anilines is 1. The fraction of sp³-hybridized carbons (Fsp3) is 0.333. The first-order valence-electron chi connectivity index (χ1n) is 6.35. The number of rotatable bonds is 5. The zero-order chi connectivity index (χ0) is 14.5. The van der Waals surface area contributed by atoms with Crippen LogP contribution in [0.15, 0.2) is 30.5 Å². The summed E-state index contributed by atoms with van der Waals surface area (Å²) >= 11 is 0. The smallest absolute Gasteiger partial charge is 0.225 e. The molecule has 106 valence electrons. The molecule has 0 fully saturated rings. The Bertz CT molecular complexity index is 587. The molecule has 0 aliphatic heterocycles. The van der Waals surface area contributed by atoms with Crippen LogP contribution in [0.3, 0.4) is 0 Å². The number of nitrogens with zero attached hydrogens (tertiary/aromatic N) is 3. The SMILES string of the molecule is COc1ccc(CN(C)c2nccc(C)n2)cc1OC. The second kappa shape index (κ2) is 6.23. The number of aryl methyl sites for hydroxylation is 1. The summed E-state index contributed by atoms with van der Waals surface area (Å²) in [6, 6.07) is 7.76. The van der Waals surface area contributed by atoms with Crippen molar-refractivity contribution in [2.75, 3.05) is 26.2 Å². The standard InChI is InChI=1S/C15H19N3O2/c1-11-7-8-16-15(17-11)18(2)10-12-5-6-13(19-3)14(9-12)20-4/h5-9H,10H2,1-4H3. The minimum Gasteiger partial charge on any atom is -0.493 e. The lowest BCUT2D eigenvalue weighted by atomic mass is 10.2. The van der Waals surface area contributed by atoms with Gasteiger partial charge in [-0.05, 0) is 30.7 Å². The van der Waals surface area contributed by atoms with Crippen LogP contribution in [0.1, 0.15) is 11.3 Å². The molecule has 0 aliphatic rings. The first-order chi connectivity index (χ1) is 9.63. The van der Waals surface area contributed by atoms with Gasteiger partial charge in [-0.3, -0.25) is 0 Å². The van der Waals surface area contributed by atoms with Gasteiger partial charge in [0.2, 0.25) is 5.95 Å². The van der Waals surface area contributed by atoms with Crippen LogP contribution >= 0.6 is 0 Å². The topological polar surface area (TPSA) is 47.5 Å². The van der Waals surface area contributed by atoms with E-state index in [1.807, 2.05) is 43.1 Å². The summed E-state index contributed by atoms with van der Waals surface area (Å²) in [6.45, 7) is 2.65. The van der Waals surface area contributed by atoms with Crippen molar-refractivity contribution in [1.82, 2.24) is 9.97 Å². The molecule has 2 aromatic rings. The van der Waals surface area contributed by atoms with Crippen LogP contribution in [0, 0.1) is 6.92 Å². The molecule has 1 heterocycles. The lowest BCUT2D eigenvalue weighted by molar-refractivity contribution is 0.354. The quantitative estimate of drug-likeness (QED) is 0.837. The highest BCUT2D eigenvalue weighted by Gasteiger charge is 2.08. The molecule has 5 heteroatoms. The van der Waals surface area contributed by atoms with Gasteiger partial charge in [0.05, 0.1) is 14.2 Å². The lowest BCUT2D eigenvalue weighted by Crippen LogP contribution is -2.19. The molecule has 5 nitrogen and oxygen atoms in total. The Hall–Kier alpha value is -2.30. The highest BCUT2D eigenvalue weighted by Crippen LogP contribution is 2.28. The summed E-state index contributed by atoms with van der Waals surface area (Å²) in [5.74, 6) is 2.16. The van der Waals surface area contributed by atoms with Crippen molar-refractivity contribution in [2.45, 2.75) is 13.5 Å². The van der Waals surface area contributed by atoms with Gasteiger partial charge < -0.3 is 14.4 Å². The molecule has 0 radical (unpaired) electrons. The summed E-state index contributed by atoms with van der Waals surface area (Å²) in [5.41, 5.74) is 2.06. The van der Waals surface area contributed by atoms with E-state index in [9.17, 15) is 0 Å². The predicted molar refractivity (Wildman–Crippen MR) is 78.4 cm³/mol. The number of benzene rings is 1. The van der Waals surface area contributed by atoms with E-state index in [0.29, 0.717) is 12.5 Å². The third-order valence-electron chi connectivity index (χ3n) is 2.99. The maximum atomic E-state index is 5.31. The van der Waals surface area contributed by atoms with Crippen LogP contribution in [0.2, 0.25) is 0 Å². The third kappa shape index (κ3) is 3.17. The molecule has 0 amide bonds. The zero-order valence-electron chi connectivity index (χ0n) is 12.3. The zero-order valence-corrected chi connectivity index (χ0v) is 12.3. The number of methoxy groups -OCH3 is 2. The van der Waals surface area contributed by atoms with Gasteiger partial charge in [0.25, 0.3) is 0 Å². The molecule has 1 aromatic carbocycles. The Morgan fingerprint density at radius 3 is 2.50 bits per heavy atom. The van der Waals surface area contributed by atoms with Crippen LogP contribution in [-0.4, -0.2) is 31.2 Å². The summed E-state index contributed by atoms with van der Waals surface area (Å²) in [6.07, 6.45) is 1.77. The molecule has 0 aliphatic carbocycles. The van der Waals surface area contributed by atoms with Crippen molar-refractivity contribution in [3.05, 3.63) is 41.7 Å². The second-order valence-corrected chi connectivity index (χ2v) is 4.54. The summed E-state index contributed by atoms with van der Waals surface area (Å²) in [4.78, 5) is 10.7. The molecule has 0 saturated carbocycles. The van der Waals surface area contributed by atoms with Crippen molar-refractivity contribution in [3.8, 4) is 11.5 Å². The van der Waals surface area contributed by atoms with E-state index in [4.69, 9.17) is 9.47 Å². The fourth-order valence-electron chi connectivity index (χ4n) is 1.94. The lowest BCUT2D eigenvalue weighted by Gasteiger charge is -2.18. The molecule has 0 saturated heterocycles. The Balaban J connectivity index is 2.17. The van der Waals surface area contributed by atoms with Gasteiger partial charge in [-0.25, -0.2) is 9.97 Å². The normalized spacial score (nSPS) is 10.2. The molecular weight excluding hydrogens is 254 g/mol. The highest BCUT2D eigenvalue weighted by molar-refractivity contribution is 5.44. The van der Waals surface area contributed by atoms with E-state index in [2.05, 4.69) is 9.97 Å². The number of hydrogen-bond acceptors (Lipinski definition) is 5. The molecule has 2 rings (SSSR count).